The van der Waals surface area contributed by atoms with Crippen molar-refractivity contribution in [3.05, 3.63) is 28.5 Å². The van der Waals surface area contributed by atoms with E-state index < -0.39 is 0 Å². The van der Waals surface area contributed by atoms with E-state index in [-0.39, 0.29) is 12.5 Å². The molecule has 1 rings (SSSR count). The third kappa shape index (κ3) is 3.43. The van der Waals surface area contributed by atoms with Gasteiger partial charge in [-0.2, -0.15) is 0 Å². The normalized spacial score (nSPS) is 9.86. The van der Waals surface area contributed by atoms with E-state index in [9.17, 15) is 4.79 Å². The van der Waals surface area contributed by atoms with E-state index >= 15 is 0 Å². The number of nitrogens with zero attached hydrogens (tertiary/aromatic N) is 1. The number of halogens is 1. The van der Waals surface area contributed by atoms with Crippen LogP contribution in [0.2, 0.25) is 0 Å². The summed E-state index contributed by atoms with van der Waals surface area (Å²) >= 11 is 3.18. The van der Waals surface area contributed by atoms with Crippen molar-refractivity contribution < 1.29 is 9.90 Å². The molecule has 2 N–H and O–H groups in total. The zero-order valence-corrected chi connectivity index (χ0v) is 9.12. The van der Waals surface area contributed by atoms with Crippen LogP contribution in [0, 0.1) is 0 Å². The van der Waals surface area contributed by atoms with Crippen molar-refractivity contribution in [2.24, 2.45) is 0 Å². The van der Waals surface area contributed by atoms with Gasteiger partial charge in [-0.15, -0.1) is 0 Å². The summed E-state index contributed by atoms with van der Waals surface area (Å²) in [6, 6.07) is 3.40. The fraction of sp³-hybridized carbons (Fsp3) is 0.333. The largest absolute Gasteiger partial charge is 0.396 e. The second-order valence-electron chi connectivity index (χ2n) is 2.70. The van der Waals surface area contributed by atoms with Gasteiger partial charge in [0.2, 0.25) is 0 Å². The molecular weight excluding hydrogens is 248 g/mol. The molecule has 5 heteroatoms. The van der Waals surface area contributed by atoms with Crippen LogP contribution >= 0.6 is 15.9 Å². The lowest BCUT2D eigenvalue weighted by molar-refractivity contribution is 0.0951. The van der Waals surface area contributed by atoms with Gasteiger partial charge in [-0.3, -0.25) is 4.79 Å². The molecule has 0 aromatic carbocycles. The number of aromatic nitrogens is 1. The van der Waals surface area contributed by atoms with Crippen LogP contribution in [-0.4, -0.2) is 29.1 Å². The molecule has 0 spiro atoms. The van der Waals surface area contributed by atoms with Gasteiger partial charge in [0.25, 0.3) is 5.91 Å². The van der Waals surface area contributed by atoms with Gasteiger partial charge in [0, 0.05) is 19.3 Å². The molecule has 0 saturated heterocycles. The average molecular weight is 259 g/mol. The predicted octanol–water partition coefficient (Wildman–Crippen LogP) is 0.956. The molecule has 76 valence electrons. The summed E-state index contributed by atoms with van der Waals surface area (Å²) in [7, 11) is 0. The lowest BCUT2D eigenvalue weighted by atomic mass is 10.2. The van der Waals surface area contributed by atoms with E-state index in [4.69, 9.17) is 5.11 Å². The number of nitrogens with one attached hydrogen (secondary N) is 1. The van der Waals surface area contributed by atoms with Gasteiger partial charge in [-0.1, -0.05) is 0 Å². The van der Waals surface area contributed by atoms with Crippen LogP contribution in [0.3, 0.4) is 0 Å². The molecule has 0 atom stereocenters. The Labute approximate surface area is 90.5 Å². The summed E-state index contributed by atoms with van der Waals surface area (Å²) in [6.07, 6.45) is 2.06. The van der Waals surface area contributed by atoms with E-state index in [2.05, 4.69) is 26.2 Å². The van der Waals surface area contributed by atoms with Gasteiger partial charge < -0.3 is 10.4 Å². The number of carbonyl (C=O) groups excluding carboxylic acids is 1. The summed E-state index contributed by atoms with van der Waals surface area (Å²) in [5, 5.41) is 11.2. The van der Waals surface area contributed by atoms with Crippen LogP contribution in [0.4, 0.5) is 0 Å². The summed E-state index contributed by atoms with van der Waals surface area (Å²) in [5.74, 6) is -0.168. The van der Waals surface area contributed by atoms with E-state index in [0.717, 1.165) is 0 Å². The third-order valence-corrected chi connectivity index (χ3v) is 2.08. The zero-order valence-electron chi connectivity index (χ0n) is 7.53. The molecule has 4 nitrogen and oxygen atoms in total. The van der Waals surface area contributed by atoms with E-state index in [1.54, 1.807) is 12.1 Å². The van der Waals surface area contributed by atoms with Crippen LogP contribution < -0.4 is 5.32 Å². The second kappa shape index (κ2) is 5.72. The van der Waals surface area contributed by atoms with Crippen LogP contribution in [-0.2, 0) is 0 Å². The highest BCUT2D eigenvalue weighted by atomic mass is 79.9. The maximum absolute atomic E-state index is 11.4. The van der Waals surface area contributed by atoms with Crippen molar-refractivity contribution in [3.8, 4) is 0 Å². The van der Waals surface area contributed by atoms with Gasteiger partial charge >= 0.3 is 0 Å². The number of hydrogen-bond acceptors (Lipinski definition) is 3. The molecule has 1 aromatic heterocycles. The number of aliphatic hydroxyl groups excluding tert-OH is 1. The van der Waals surface area contributed by atoms with Crippen molar-refractivity contribution in [3.63, 3.8) is 0 Å². The lowest BCUT2D eigenvalue weighted by Gasteiger charge is -2.03. The smallest absolute Gasteiger partial charge is 0.252 e. The minimum Gasteiger partial charge on any atom is -0.396 e. The molecular formula is C9H11BrN2O2. The molecule has 0 aliphatic rings. The number of aliphatic hydroxyl groups is 1. The van der Waals surface area contributed by atoms with Crippen LogP contribution in [0.25, 0.3) is 0 Å². The Morgan fingerprint density at radius 2 is 2.36 bits per heavy atom. The Balaban J connectivity index is 2.48. The zero-order chi connectivity index (χ0) is 10.4. The first-order valence-corrected chi connectivity index (χ1v) is 5.04. The van der Waals surface area contributed by atoms with E-state index in [1.807, 2.05) is 0 Å². The Bertz CT molecular complexity index is 300. The fourth-order valence-corrected chi connectivity index (χ4v) is 1.13. The number of amides is 1. The van der Waals surface area contributed by atoms with Gasteiger partial charge in [0.1, 0.15) is 4.60 Å². The minimum absolute atomic E-state index is 0.0822. The lowest BCUT2D eigenvalue weighted by Crippen LogP contribution is -2.25. The van der Waals surface area contributed by atoms with Gasteiger partial charge in [-0.05, 0) is 34.5 Å². The average Bonchev–Trinajstić information content (AvgIpc) is 2.19. The maximum atomic E-state index is 11.4. The molecule has 0 aliphatic carbocycles. The van der Waals surface area contributed by atoms with Gasteiger partial charge in [0.15, 0.2) is 0 Å². The van der Waals surface area contributed by atoms with Crippen molar-refractivity contribution in [2.45, 2.75) is 6.42 Å². The van der Waals surface area contributed by atoms with Crippen LogP contribution in [0.15, 0.2) is 22.9 Å². The molecule has 0 aliphatic heterocycles. The van der Waals surface area contributed by atoms with Crippen molar-refractivity contribution in [2.75, 3.05) is 13.2 Å². The number of hydrogen-bond donors (Lipinski definition) is 2. The Morgan fingerprint density at radius 1 is 1.57 bits per heavy atom. The second-order valence-corrected chi connectivity index (χ2v) is 3.52. The SMILES string of the molecule is O=C(NCCCO)c1ccc(Br)nc1. The first-order chi connectivity index (χ1) is 6.74. The highest BCUT2D eigenvalue weighted by molar-refractivity contribution is 9.10. The van der Waals surface area contributed by atoms with Gasteiger partial charge in [0.05, 0.1) is 5.56 Å². The first-order valence-electron chi connectivity index (χ1n) is 4.24. The molecule has 14 heavy (non-hydrogen) atoms. The Morgan fingerprint density at radius 3 is 2.93 bits per heavy atom. The Kier molecular flexibility index (Phi) is 4.55. The number of carbonyl (C=O) groups is 1. The van der Waals surface area contributed by atoms with E-state index in [0.29, 0.717) is 23.1 Å². The number of pyridine rings is 1. The molecule has 0 saturated carbocycles. The number of rotatable bonds is 4. The van der Waals surface area contributed by atoms with Crippen molar-refractivity contribution >= 4 is 21.8 Å². The van der Waals surface area contributed by atoms with Crippen LogP contribution in [0.5, 0.6) is 0 Å². The molecule has 0 unspecified atom stereocenters. The standard InChI is InChI=1S/C9H11BrN2O2/c10-8-3-2-7(6-12-8)9(14)11-4-1-5-13/h2-3,6,13H,1,4-5H2,(H,11,14). The predicted molar refractivity (Wildman–Crippen MR) is 56.0 cm³/mol. The van der Waals surface area contributed by atoms with Crippen LogP contribution in [0.1, 0.15) is 16.8 Å². The molecule has 1 heterocycles. The van der Waals surface area contributed by atoms with E-state index in [1.165, 1.54) is 6.20 Å². The topological polar surface area (TPSA) is 62.2 Å². The summed E-state index contributed by atoms with van der Waals surface area (Å²) in [6.45, 7) is 0.560. The molecule has 0 radical (unpaired) electrons. The molecule has 0 bridgehead atoms. The monoisotopic (exact) mass is 258 g/mol. The summed E-state index contributed by atoms with van der Waals surface area (Å²) < 4.78 is 0.699. The minimum atomic E-state index is -0.168. The van der Waals surface area contributed by atoms with Crippen molar-refractivity contribution in [1.29, 1.82) is 0 Å². The Hall–Kier alpha value is -0.940. The van der Waals surface area contributed by atoms with Gasteiger partial charge in [-0.25, -0.2) is 4.98 Å². The highest BCUT2D eigenvalue weighted by Crippen LogP contribution is 2.05. The quantitative estimate of drug-likeness (QED) is 0.625. The maximum Gasteiger partial charge on any atom is 0.252 e. The highest BCUT2D eigenvalue weighted by Gasteiger charge is 2.03. The first kappa shape index (κ1) is 11.1. The molecule has 0 fully saturated rings. The molecule has 1 amide bonds. The summed E-state index contributed by atoms with van der Waals surface area (Å²) in [4.78, 5) is 15.3. The molecule has 1 aromatic rings. The third-order valence-electron chi connectivity index (χ3n) is 1.61. The summed E-state index contributed by atoms with van der Waals surface area (Å²) in [5.41, 5.74) is 0.520. The fourth-order valence-electron chi connectivity index (χ4n) is 0.893. The van der Waals surface area contributed by atoms with Crippen molar-refractivity contribution in [1.82, 2.24) is 10.3 Å².